The van der Waals surface area contributed by atoms with Crippen molar-refractivity contribution in [1.82, 2.24) is 9.78 Å². The maximum atomic E-state index is 14.0. The third kappa shape index (κ3) is 3.69. The highest BCUT2D eigenvalue weighted by molar-refractivity contribution is 6.07. The third-order valence-corrected chi connectivity index (χ3v) is 4.98. The normalized spacial score (nSPS) is 11.4. The van der Waals surface area contributed by atoms with Crippen LogP contribution in [0.3, 0.4) is 0 Å². The van der Waals surface area contributed by atoms with Crippen LogP contribution < -0.4 is 0 Å². The first-order chi connectivity index (χ1) is 15.2. The number of nitrogens with zero attached hydrogens (tertiary/aromatic N) is 2. The molecular weight excluding hydrogens is 391 g/mol. The number of aromatic nitrogens is 2. The number of rotatable bonds is 5. The molecule has 0 saturated heterocycles. The number of carbonyl (C=O) groups excluding carboxylic acids is 1. The molecule has 2 heterocycles. The van der Waals surface area contributed by atoms with Gasteiger partial charge in [-0.15, -0.1) is 0 Å². The summed E-state index contributed by atoms with van der Waals surface area (Å²) in [6, 6.07) is 25.2. The molecule has 0 saturated carbocycles. The van der Waals surface area contributed by atoms with E-state index in [4.69, 9.17) is 9.52 Å². The van der Waals surface area contributed by atoms with E-state index in [1.54, 1.807) is 22.9 Å². The van der Waals surface area contributed by atoms with Gasteiger partial charge in [0, 0.05) is 17.1 Å². The highest BCUT2D eigenvalue weighted by atomic mass is 19.1. The van der Waals surface area contributed by atoms with Crippen molar-refractivity contribution in [1.29, 1.82) is 0 Å². The number of fused-ring (bicyclic) bond motifs is 1. The molecule has 0 atom stereocenters. The second-order valence-electron chi connectivity index (χ2n) is 7.04. The molecule has 0 fully saturated rings. The Hall–Kier alpha value is -4.25. The molecule has 0 N–H and O–H groups in total. The average molecular weight is 408 g/mol. The minimum absolute atomic E-state index is 0.0273. The summed E-state index contributed by atoms with van der Waals surface area (Å²) in [4.78, 5) is 12.5. The number of allylic oxidation sites excluding steroid dienone is 1. The minimum Gasteiger partial charge on any atom is -0.454 e. The van der Waals surface area contributed by atoms with E-state index in [1.807, 2.05) is 66.9 Å². The predicted octanol–water partition coefficient (Wildman–Crippen LogP) is 6.32. The van der Waals surface area contributed by atoms with Gasteiger partial charge in [0.2, 0.25) is 0 Å². The van der Waals surface area contributed by atoms with Crippen molar-refractivity contribution in [3.63, 3.8) is 0 Å². The quantitative estimate of drug-likeness (QED) is 0.252. The zero-order valence-corrected chi connectivity index (χ0v) is 16.4. The molecule has 0 aliphatic rings. The summed E-state index contributed by atoms with van der Waals surface area (Å²) < 4.78 is 21.7. The molecule has 4 nitrogen and oxygen atoms in total. The number of hydrogen-bond donors (Lipinski definition) is 0. The van der Waals surface area contributed by atoms with Crippen LogP contribution in [0.25, 0.3) is 34.2 Å². The number of carbonyl (C=O) groups is 1. The Balaban J connectivity index is 1.59. The van der Waals surface area contributed by atoms with Crippen LogP contribution in [-0.4, -0.2) is 15.6 Å². The molecule has 5 rings (SSSR count). The molecule has 31 heavy (non-hydrogen) atoms. The molecule has 5 aromatic rings. The van der Waals surface area contributed by atoms with E-state index < -0.39 is 11.6 Å². The van der Waals surface area contributed by atoms with Gasteiger partial charge in [0.15, 0.2) is 11.5 Å². The molecular formula is C26H17FN2O2. The van der Waals surface area contributed by atoms with Crippen LogP contribution in [0, 0.1) is 5.82 Å². The van der Waals surface area contributed by atoms with Gasteiger partial charge in [-0.25, -0.2) is 9.07 Å². The number of halogens is 1. The van der Waals surface area contributed by atoms with Crippen molar-refractivity contribution in [3.8, 4) is 17.1 Å². The van der Waals surface area contributed by atoms with Gasteiger partial charge in [-0.05, 0) is 48.6 Å². The third-order valence-electron chi connectivity index (χ3n) is 4.98. The number of para-hydroxylation sites is 2. The molecule has 3 aromatic carbocycles. The fourth-order valence-electron chi connectivity index (χ4n) is 3.43. The molecule has 0 aliphatic carbocycles. The molecule has 0 bridgehead atoms. The van der Waals surface area contributed by atoms with Crippen molar-refractivity contribution in [3.05, 3.63) is 114 Å². The molecule has 0 spiro atoms. The van der Waals surface area contributed by atoms with Gasteiger partial charge in [0.25, 0.3) is 0 Å². The summed E-state index contributed by atoms with van der Waals surface area (Å²) in [5, 5.41) is 5.66. The van der Waals surface area contributed by atoms with Crippen LogP contribution >= 0.6 is 0 Å². The zero-order chi connectivity index (χ0) is 21.2. The van der Waals surface area contributed by atoms with Gasteiger partial charge in [0.05, 0.1) is 11.3 Å². The van der Waals surface area contributed by atoms with Gasteiger partial charge in [0.1, 0.15) is 17.1 Å². The predicted molar refractivity (Wildman–Crippen MR) is 119 cm³/mol. The Morgan fingerprint density at radius 1 is 0.935 bits per heavy atom. The summed E-state index contributed by atoms with van der Waals surface area (Å²) in [6.07, 6.45) is 4.82. The van der Waals surface area contributed by atoms with E-state index in [1.165, 1.54) is 18.2 Å². The number of ketones is 1. The van der Waals surface area contributed by atoms with Crippen molar-refractivity contribution in [2.24, 2.45) is 0 Å². The number of furan rings is 1. The summed E-state index contributed by atoms with van der Waals surface area (Å²) in [5.41, 5.74) is 2.94. The largest absolute Gasteiger partial charge is 0.454 e. The van der Waals surface area contributed by atoms with E-state index in [2.05, 4.69) is 0 Å². The summed E-state index contributed by atoms with van der Waals surface area (Å²) in [5.74, 6) is -0.371. The van der Waals surface area contributed by atoms with Crippen LogP contribution in [0.2, 0.25) is 0 Å². The van der Waals surface area contributed by atoms with Gasteiger partial charge < -0.3 is 4.42 Å². The first-order valence-electron chi connectivity index (χ1n) is 9.80. The standard InChI is InChI=1S/C26H17FN2O2/c27-22-12-6-5-11-21(22)23(30)15-14-19-17-29(20-9-2-1-3-10-20)28-26(19)25-16-18-8-4-7-13-24(18)31-25/h1-17H. The van der Waals surface area contributed by atoms with Crippen LogP contribution in [0.15, 0.2) is 102 Å². The highest BCUT2D eigenvalue weighted by Crippen LogP contribution is 2.30. The van der Waals surface area contributed by atoms with E-state index in [-0.39, 0.29) is 5.56 Å². The van der Waals surface area contributed by atoms with E-state index in [9.17, 15) is 9.18 Å². The molecule has 0 radical (unpaired) electrons. The zero-order valence-electron chi connectivity index (χ0n) is 16.4. The molecule has 2 aromatic heterocycles. The Bertz CT molecular complexity index is 1380. The lowest BCUT2D eigenvalue weighted by Crippen LogP contribution is -1.97. The smallest absolute Gasteiger partial charge is 0.188 e. The molecule has 0 aliphatic heterocycles. The Kier molecular flexibility index (Phi) is 4.77. The first-order valence-corrected chi connectivity index (χ1v) is 9.80. The van der Waals surface area contributed by atoms with Gasteiger partial charge in [-0.2, -0.15) is 5.10 Å². The van der Waals surface area contributed by atoms with E-state index >= 15 is 0 Å². The summed E-state index contributed by atoms with van der Waals surface area (Å²) >= 11 is 0. The maximum Gasteiger partial charge on any atom is 0.188 e. The van der Waals surface area contributed by atoms with Crippen LogP contribution in [0.4, 0.5) is 4.39 Å². The lowest BCUT2D eigenvalue weighted by molar-refractivity contribution is 0.104. The molecule has 150 valence electrons. The fourth-order valence-corrected chi connectivity index (χ4v) is 3.43. The SMILES string of the molecule is O=C(C=Cc1cn(-c2ccccc2)nc1-c1cc2ccccc2o1)c1ccccc1F. The minimum atomic E-state index is -0.547. The van der Waals surface area contributed by atoms with Crippen molar-refractivity contribution in [2.75, 3.05) is 0 Å². The summed E-state index contributed by atoms with van der Waals surface area (Å²) in [6.45, 7) is 0. The van der Waals surface area contributed by atoms with E-state index in [0.717, 1.165) is 16.7 Å². The van der Waals surface area contributed by atoms with Gasteiger partial charge in [-0.3, -0.25) is 4.79 Å². The van der Waals surface area contributed by atoms with Crippen LogP contribution in [0.1, 0.15) is 15.9 Å². The fraction of sp³-hybridized carbons (Fsp3) is 0. The Morgan fingerprint density at radius 3 is 2.48 bits per heavy atom. The monoisotopic (exact) mass is 408 g/mol. The number of hydrogen-bond acceptors (Lipinski definition) is 3. The van der Waals surface area contributed by atoms with Crippen molar-refractivity contribution < 1.29 is 13.6 Å². The first kappa shape index (κ1) is 18.8. The van der Waals surface area contributed by atoms with Gasteiger partial charge >= 0.3 is 0 Å². The van der Waals surface area contributed by atoms with Crippen LogP contribution in [0.5, 0.6) is 0 Å². The van der Waals surface area contributed by atoms with Crippen molar-refractivity contribution >= 4 is 22.8 Å². The number of benzene rings is 3. The Labute approximate surface area is 177 Å². The van der Waals surface area contributed by atoms with E-state index in [0.29, 0.717) is 17.0 Å². The summed E-state index contributed by atoms with van der Waals surface area (Å²) in [7, 11) is 0. The second kappa shape index (κ2) is 7.88. The van der Waals surface area contributed by atoms with Gasteiger partial charge in [-0.1, -0.05) is 48.5 Å². The topological polar surface area (TPSA) is 48.0 Å². The average Bonchev–Trinajstić information content (AvgIpc) is 3.42. The van der Waals surface area contributed by atoms with Crippen LogP contribution in [-0.2, 0) is 0 Å². The second-order valence-corrected chi connectivity index (χ2v) is 7.04. The maximum absolute atomic E-state index is 14.0. The molecule has 0 amide bonds. The molecule has 5 heteroatoms. The van der Waals surface area contributed by atoms with Crippen molar-refractivity contribution in [2.45, 2.75) is 0 Å². The molecule has 0 unspecified atom stereocenters. The lowest BCUT2D eigenvalue weighted by Gasteiger charge is -1.98. The lowest BCUT2D eigenvalue weighted by atomic mass is 10.1. The highest BCUT2D eigenvalue weighted by Gasteiger charge is 2.16. The Morgan fingerprint density at radius 2 is 1.68 bits per heavy atom.